The molecule has 1 aliphatic heterocycles. The van der Waals surface area contributed by atoms with Gasteiger partial charge in [0.05, 0.1) is 19.8 Å². The molecule has 1 saturated heterocycles. The number of nitrogens with one attached hydrogen (secondary N) is 3. The fourth-order valence-electron chi connectivity index (χ4n) is 3.52. The molecule has 3 N–H and O–H groups in total. The largest absolute Gasteiger partial charge is 0.490 e. The molecule has 2 aromatic carbocycles. The number of amides is 3. The van der Waals surface area contributed by atoms with Crippen LogP contribution in [0.1, 0.15) is 54.3 Å². The SMILES string of the molecule is CCOc1cc(C(=O)NNC(=O)c2cccc(NC(=O)C3CCCO3)c2)cc(OCC)c1OCC. The van der Waals surface area contributed by atoms with E-state index in [1.54, 1.807) is 18.2 Å². The van der Waals surface area contributed by atoms with Crippen LogP contribution in [-0.2, 0) is 9.53 Å². The molecule has 2 aromatic rings. The normalized spacial score (nSPS) is 14.7. The summed E-state index contributed by atoms with van der Waals surface area (Å²) in [5.74, 6) is -0.214. The summed E-state index contributed by atoms with van der Waals surface area (Å²) in [6, 6.07) is 9.45. The van der Waals surface area contributed by atoms with Gasteiger partial charge >= 0.3 is 0 Å². The number of rotatable bonds is 10. The second-order valence-electron chi connectivity index (χ2n) is 7.58. The molecule has 1 heterocycles. The molecule has 0 spiro atoms. The van der Waals surface area contributed by atoms with Gasteiger partial charge in [-0.15, -0.1) is 0 Å². The van der Waals surface area contributed by atoms with Crippen molar-refractivity contribution < 1.29 is 33.3 Å². The van der Waals surface area contributed by atoms with Gasteiger partial charge in [0.25, 0.3) is 17.7 Å². The number of anilines is 1. The lowest BCUT2D eigenvalue weighted by Crippen LogP contribution is -2.41. The van der Waals surface area contributed by atoms with Gasteiger partial charge in [0.2, 0.25) is 5.75 Å². The van der Waals surface area contributed by atoms with E-state index in [2.05, 4.69) is 16.2 Å². The summed E-state index contributed by atoms with van der Waals surface area (Å²) in [6.45, 7) is 7.17. The lowest BCUT2D eigenvalue weighted by molar-refractivity contribution is -0.124. The van der Waals surface area contributed by atoms with Gasteiger partial charge < -0.3 is 24.3 Å². The Balaban J connectivity index is 1.67. The van der Waals surface area contributed by atoms with Crippen molar-refractivity contribution >= 4 is 23.4 Å². The lowest BCUT2D eigenvalue weighted by atomic mass is 10.1. The first-order chi connectivity index (χ1) is 17.0. The van der Waals surface area contributed by atoms with E-state index >= 15 is 0 Å². The fourth-order valence-corrected chi connectivity index (χ4v) is 3.52. The van der Waals surface area contributed by atoms with Crippen molar-refractivity contribution in [3.8, 4) is 17.2 Å². The number of hydrogen-bond acceptors (Lipinski definition) is 7. The lowest BCUT2D eigenvalue weighted by Gasteiger charge is -2.17. The molecule has 0 radical (unpaired) electrons. The molecule has 0 aliphatic carbocycles. The maximum atomic E-state index is 12.8. The van der Waals surface area contributed by atoms with Crippen LogP contribution in [0, 0.1) is 0 Å². The molecule has 0 saturated carbocycles. The third-order valence-electron chi connectivity index (χ3n) is 5.08. The molecule has 1 unspecified atom stereocenters. The van der Waals surface area contributed by atoms with Gasteiger partial charge in [0.15, 0.2) is 11.5 Å². The molecule has 1 fully saturated rings. The van der Waals surface area contributed by atoms with Crippen LogP contribution in [0.3, 0.4) is 0 Å². The minimum atomic E-state index is -0.564. The first-order valence-corrected chi connectivity index (χ1v) is 11.7. The maximum absolute atomic E-state index is 12.8. The Kier molecular flexibility index (Phi) is 9.31. The molecule has 188 valence electrons. The van der Waals surface area contributed by atoms with E-state index in [0.717, 1.165) is 6.42 Å². The predicted octanol–water partition coefficient (Wildman–Crippen LogP) is 3.08. The molecule has 3 amide bonds. The first kappa shape index (κ1) is 25.8. The molecule has 3 rings (SSSR count). The summed E-state index contributed by atoms with van der Waals surface area (Å²) < 4.78 is 22.3. The number of carbonyl (C=O) groups is 3. The second-order valence-corrected chi connectivity index (χ2v) is 7.58. The van der Waals surface area contributed by atoms with Crippen molar-refractivity contribution in [2.75, 3.05) is 31.7 Å². The maximum Gasteiger partial charge on any atom is 0.269 e. The molecule has 0 aromatic heterocycles. The number of ether oxygens (including phenoxy) is 4. The zero-order valence-electron chi connectivity index (χ0n) is 20.1. The molecular formula is C25H31N3O7. The van der Waals surface area contributed by atoms with Crippen LogP contribution in [0.15, 0.2) is 36.4 Å². The minimum absolute atomic E-state index is 0.221. The van der Waals surface area contributed by atoms with E-state index in [0.29, 0.717) is 55.8 Å². The summed E-state index contributed by atoms with van der Waals surface area (Å²) in [4.78, 5) is 37.7. The van der Waals surface area contributed by atoms with Gasteiger partial charge in [-0.05, 0) is 63.9 Å². The summed E-state index contributed by atoms with van der Waals surface area (Å²) in [5, 5.41) is 2.75. The van der Waals surface area contributed by atoms with Crippen LogP contribution in [0.4, 0.5) is 5.69 Å². The number of benzene rings is 2. The Morgan fingerprint density at radius 3 is 2.09 bits per heavy atom. The van der Waals surface area contributed by atoms with Crippen molar-refractivity contribution in [3.05, 3.63) is 47.5 Å². The number of hydrogen-bond donors (Lipinski definition) is 3. The van der Waals surface area contributed by atoms with E-state index in [1.807, 2.05) is 20.8 Å². The highest BCUT2D eigenvalue weighted by molar-refractivity contribution is 6.01. The van der Waals surface area contributed by atoms with E-state index in [9.17, 15) is 14.4 Å². The highest BCUT2D eigenvalue weighted by Crippen LogP contribution is 2.39. The van der Waals surface area contributed by atoms with Gasteiger partial charge in [-0.25, -0.2) is 0 Å². The van der Waals surface area contributed by atoms with Crippen LogP contribution in [0.2, 0.25) is 0 Å². The average Bonchev–Trinajstić information content (AvgIpc) is 3.40. The molecule has 10 nitrogen and oxygen atoms in total. The van der Waals surface area contributed by atoms with Crippen molar-refractivity contribution in [2.24, 2.45) is 0 Å². The van der Waals surface area contributed by atoms with Gasteiger partial charge in [-0.2, -0.15) is 0 Å². The number of hydrazine groups is 1. The summed E-state index contributed by atoms with van der Waals surface area (Å²) in [7, 11) is 0. The fraction of sp³-hybridized carbons (Fsp3) is 0.400. The standard InChI is InChI=1S/C25H31N3O7/c1-4-32-20-14-17(15-21(33-5-2)22(20)34-6-3)24(30)28-27-23(29)16-9-7-10-18(13-16)26-25(31)19-11-8-12-35-19/h7,9-10,13-15,19H,4-6,8,11-12H2,1-3H3,(H,26,31)(H,27,29)(H,28,30). The molecule has 35 heavy (non-hydrogen) atoms. The van der Waals surface area contributed by atoms with Crippen molar-refractivity contribution in [1.29, 1.82) is 0 Å². The van der Waals surface area contributed by atoms with Gasteiger partial charge in [-0.1, -0.05) is 6.07 Å². The molecule has 1 aliphatic rings. The summed E-state index contributed by atoms with van der Waals surface area (Å²) >= 11 is 0. The highest BCUT2D eigenvalue weighted by Gasteiger charge is 2.24. The Morgan fingerprint density at radius 1 is 0.886 bits per heavy atom. The zero-order chi connectivity index (χ0) is 25.2. The van der Waals surface area contributed by atoms with E-state index in [1.165, 1.54) is 18.2 Å². The van der Waals surface area contributed by atoms with Gasteiger partial charge in [0, 0.05) is 23.4 Å². The van der Waals surface area contributed by atoms with Gasteiger partial charge in [-0.3, -0.25) is 25.2 Å². The van der Waals surface area contributed by atoms with E-state index in [-0.39, 0.29) is 17.0 Å². The van der Waals surface area contributed by atoms with Crippen molar-refractivity contribution in [1.82, 2.24) is 10.9 Å². The topological polar surface area (TPSA) is 124 Å². The smallest absolute Gasteiger partial charge is 0.269 e. The molecule has 1 atom stereocenters. The molecule has 10 heteroatoms. The van der Waals surface area contributed by atoms with Crippen LogP contribution < -0.4 is 30.4 Å². The van der Waals surface area contributed by atoms with Crippen molar-refractivity contribution in [2.45, 2.75) is 39.7 Å². The highest BCUT2D eigenvalue weighted by atomic mass is 16.5. The minimum Gasteiger partial charge on any atom is -0.490 e. The Labute approximate surface area is 204 Å². The van der Waals surface area contributed by atoms with Crippen LogP contribution >= 0.6 is 0 Å². The van der Waals surface area contributed by atoms with Crippen molar-refractivity contribution in [3.63, 3.8) is 0 Å². The molecule has 0 bridgehead atoms. The average molecular weight is 486 g/mol. The van der Waals surface area contributed by atoms with Gasteiger partial charge in [0.1, 0.15) is 6.10 Å². The Morgan fingerprint density at radius 2 is 1.51 bits per heavy atom. The third-order valence-corrected chi connectivity index (χ3v) is 5.08. The summed E-state index contributed by atoms with van der Waals surface area (Å²) in [5.41, 5.74) is 5.72. The quantitative estimate of drug-likeness (QED) is 0.442. The molecular weight excluding hydrogens is 454 g/mol. The van der Waals surface area contributed by atoms with Crippen LogP contribution in [0.25, 0.3) is 0 Å². The van der Waals surface area contributed by atoms with E-state index in [4.69, 9.17) is 18.9 Å². The first-order valence-electron chi connectivity index (χ1n) is 11.7. The monoisotopic (exact) mass is 485 g/mol. The Hall–Kier alpha value is -3.79. The second kappa shape index (κ2) is 12.6. The van der Waals surface area contributed by atoms with E-state index < -0.39 is 17.9 Å². The van der Waals surface area contributed by atoms with Crippen LogP contribution in [-0.4, -0.2) is 50.3 Å². The zero-order valence-corrected chi connectivity index (χ0v) is 20.1. The third kappa shape index (κ3) is 6.86. The number of carbonyl (C=O) groups excluding carboxylic acids is 3. The van der Waals surface area contributed by atoms with Crippen LogP contribution in [0.5, 0.6) is 17.2 Å². The Bertz CT molecular complexity index is 1020. The predicted molar refractivity (Wildman–Crippen MR) is 129 cm³/mol. The summed E-state index contributed by atoms with van der Waals surface area (Å²) in [6.07, 6.45) is 1.02.